The lowest BCUT2D eigenvalue weighted by atomic mass is 10.1. The Bertz CT molecular complexity index is 674. The molecule has 0 aliphatic carbocycles. The van der Waals surface area contributed by atoms with Crippen molar-refractivity contribution >= 4 is 33.5 Å². The van der Waals surface area contributed by atoms with Gasteiger partial charge in [0.05, 0.1) is 0 Å². The highest BCUT2D eigenvalue weighted by atomic mass is 79.9. The molecule has 21 heavy (non-hydrogen) atoms. The van der Waals surface area contributed by atoms with Crippen LogP contribution in [0.1, 0.15) is 22.0 Å². The van der Waals surface area contributed by atoms with Crippen molar-refractivity contribution in [2.75, 3.05) is 5.73 Å². The number of nitrogens with one attached hydrogen (secondary N) is 1. The molecule has 0 bridgehead atoms. The highest BCUT2D eigenvalue weighted by Crippen LogP contribution is 2.21. The molecule has 0 saturated carbocycles. The zero-order valence-electron chi connectivity index (χ0n) is 10.9. The number of rotatable bonds is 4. The predicted molar refractivity (Wildman–Crippen MR) is 82.8 cm³/mol. The zero-order valence-corrected chi connectivity index (χ0v) is 12.5. The average Bonchev–Trinajstić information content (AvgIpc) is 2.48. The smallest absolute Gasteiger partial charge is 0.330 e. The number of carbonyl (C=O) groups excluding carboxylic acids is 1. The molecule has 0 aliphatic heterocycles. The number of halogens is 1. The normalized spacial score (nSPS) is 11.7. The number of nitrogen functional groups attached to an aromatic ring is 1. The van der Waals surface area contributed by atoms with Crippen molar-refractivity contribution in [1.82, 2.24) is 5.32 Å². The Morgan fingerprint density at radius 3 is 2.38 bits per heavy atom. The number of carboxylic acids is 1. The maximum atomic E-state index is 12.2. The van der Waals surface area contributed by atoms with Gasteiger partial charge in [0, 0.05) is 15.7 Å². The molecular weight excluding hydrogens is 336 g/mol. The van der Waals surface area contributed by atoms with Crippen LogP contribution in [0.25, 0.3) is 0 Å². The first kappa shape index (κ1) is 15.1. The van der Waals surface area contributed by atoms with Crippen LogP contribution in [0.3, 0.4) is 0 Å². The van der Waals surface area contributed by atoms with E-state index < -0.39 is 17.9 Å². The first-order valence-electron chi connectivity index (χ1n) is 6.12. The van der Waals surface area contributed by atoms with Gasteiger partial charge in [0.1, 0.15) is 0 Å². The number of benzene rings is 2. The van der Waals surface area contributed by atoms with E-state index in [0.29, 0.717) is 21.3 Å². The number of carboxylic acid groups (broad SMARTS) is 1. The van der Waals surface area contributed by atoms with Gasteiger partial charge in [-0.25, -0.2) is 4.79 Å². The minimum absolute atomic E-state index is 0.304. The fourth-order valence-electron chi connectivity index (χ4n) is 1.83. The third kappa shape index (κ3) is 3.61. The van der Waals surface area contributed by atoms with Crippen LogP contribution in [0.2, 0.25) is 0 Å². The summed E-state index contributed by atoms with van der Waals surface area (Å²) in [5.41, 5.74) is 6.94. The molecule has 0 aromatic heterocycles. The van der Waals surface area contributed by atoms with E-state index in [1.807, 2.05) is 0 Å². The van der Waals surface area contributed by atoms with E-state index in [9.17, 15) is 14.7 Å². The highest BCUT2D eigenvalue weighted by Gasteiger charge is 2.22. The van der Waals surface area contributed by atoms with Crippen molar-refractivity contribution in [3.8, 4) is 0 Å². The van der Waals surface area contributed by atoms with E-state index in [-0.39, 0.29) is 0 Å². The summed E-state index contributed by atoms with van der Waals surface area (Å²) in [4.78, 5) is 23.5. The lowest BCUT2D eigenvalue weighted by Crippen LogP contribution is -2.33. The SMILES string of the molecule is Nc1cc(C(=O)N[C@@H](C(=O)O)c2ccccc2)ccc1Br. The molecule has 4 N–H and O–H groups in total. The van der Waals surface area contributed by atoms with Crippen molar-refractivity contribution in [1.29, 1.82) is 0 Å². The molecule has 0 saturated heterocycles. The second-order valence-electron chi connectivity index (χ2n) is 4.39. The van der Waals surface area contributed by atoms with Crippen LogP contribution in [0.4, 0.5) is 5.69 Å². The Kier molecular flexibility index (Phi) is 4.59. The van der Waals surface area contributed by atoms with Gasteiger partial charge in [-0.1, -0.05) is 30.3 Å². The van der Waals surface area contributed by atoms with E-state index in [2.05, 4.69) is 21.2 Å². The quantitative estimate of drug-likeness (QED) is 0.740. The maximum absolute atomic E-state index is 12.2. The molecular formula is C15H13BrN2O3. The van der Waals surface area contributed by atoms with Gasteiger partial charge < -0.3 is 16.2 Å². The summed E-state index contributed by atoms with van der Waals surface area (Å²) in [6.45, 7) is 0. The van der Waals surface area contributed by atoms with Crippen LogP contribution in [-0.4, -0.2) is 17.0 Å². The third-order valence-electron chi connectivity index (χ3n) is 2.91. The average molecular weight is 349 g/mol. The van der Waals surface area contributed by atoms with Crippen LogP contribution in [0.15, 0.2) is 53.0 Å². The van der Waals surface area contributed by atoms with Crippen molar-refractivity contribution in [3.63, 3.8) is 0 Å². The van der Waals surface area contributed by atoms with Crippen LogP contribution < -0.4 is 11.1 Å². The monoisotopic (exact) mass is 348 g/mol. The van der Waals surface area contributed by atoms with Gasteiger partial charge in [0.25, 0.3) is 5.91 Å². The molecule has 5 nitrogen and oxygen atoms in total. The van der Waals surface area contributed by atoms with Gasteiger partial charge in [-0.15, -0.1) is 0 Å². The summed E-state index contributed by atoms with van der Waals surface area (Å²) in [5.74, 6) is -1.62. The van der Waals surface area contributed by atoms with E-state index in [1.54, 1.807) is 42.5 Å². The molecule has 0 aliphatic rings. The molecule has 1 atom stereocenters. The van der Waals surface area contributed by atoms with Crippen LogP contribution in [0, 0.1) is 0 Å². The lowest BCUT2D eigenvalue weighted by molar-refractivity contribution is -0.139. The van der Waals surface area contributed by atoms with Crippen molar-refractivity contribution in [3.05, 3.63) is 64.1 Å². The van der Waals surface area contributed by atoms with E-state index in [4.69, 9.17) is 5.73 Å². The molecule has 0 spiro atoms. The highest BCUT2D eigenvalue weighted by molar-refractivity contribution is 9.10. The maximum Gasteiger partial charge on any atom is 0.330 e. The lowest BCUT2D eigenvalue weighted by Gasteiger charge is -2.15. The van der Waals surface area contributed by atoms with Crippen LogP contribution in [-0.2, 0) is 4.79 Å². The second kappa shape index (κ2) is 6.41. The topological polar surface area (TPSA) is 92.4 Å². The summed E-state index contributed by atoms with van der Waals surface area (Å²) < 4.78 is 0.678. The molecule has 0 unspecified atom stereocenters. The number of anilines is 1. The van der Waals surface area contributed by atoms with Crippen LogP contribution in [0.5, 0.6) is 0 Å². The molecule has 0 radical (unpaired) electrons. The Morgan fingerprint density at radius 1 is 1.14 bits per heavy atom. The molecule has 1 amide bonds. The van der Waals surface area contributed by atoms with Crippen LogP contribution >= 0.6 is 15.9 Å². The molecule has 2 aromatic rings. The van der Waals surface area contributed by atoms with Gasteiger partial charge in [0.2, 0.25) is 0 Å². The minimum atomic E-state index is -1.13. The first-order chi connectivity index (χ1) is 9.99. The van der Waals surface area contributed by atoms with Crippen molar-refractivity contribution < 1.29 is 14.7 Å². The van der Waals surface area contributed by atoms with Crippen molar-refractivity contribution in [2.24, 2.45) is 0 Å². The summed E-state index contributed by atoms with van der Waals surface area (Å²) in [5, 5.41) is 11.8. The molecule has 6 heteroatoms. The third-order valence-corrected chi connectivity index (χ3v) is 3.64. The predicted octanol–water partition coefficient (Wildman–Crippen LogP) is 2.59. The largest absolute Gasteiger partial charge is 0.479 e. The summed E-state index contributed by atoms with van der Waals surface area (Å²) in [6.07, 6.45) is 0. The Balaban J connectivity index is 2.23. The van der Waals surface area contributed by atoms with Gasteiger partial charge in [0.15, 0.2) is 6.04 Å². The summed E-state index contributed by atoms with van der Waals surface area (Å²) >= 11 is 3.24. The van der Waals surface area contributed by atoms with Gasteiger partial charge in [-0.3, -0.25) is 4.79 Å². The summed E-state index contributed by atoms with van der Waals surface area (Å²) in [7, 11) is 0. The number of amides is 1. The second-order valence-corrected chi connectivity index (χ2v) is 5.25. The number of nitrogens with two attached hydrogens (primary N) is 1. The Labute approximate surface area is 129 Å². The zero-order chi connectivity index (χ0) is 15.4. The molecule has 2 aromatic carbocycles. The van der Waals surface area contributed by atoms with Crippen molar-refractivity contribution in [2.45, 2.75) is 6.04 Å². The number of carbonyl (C=O) groups is 2. The molecule has 0 fully saturated rings. The van der Waals surface area contributed by atoms with E-state index >= 15 is 0 Å². The van der Waals surface area contributed by atoms with Gasteiger partial charge >= 0.3 is 5.97 Å². The minimum Gasteiger partial charge on any atom is -0.479 e. The number of aliphatic carboxylic acids is 1. The van der Waals surface area contributed by atoms with E-state index in [1.165, 1.54) is 6.07 Å². The number of hydrogen-bond acceptors (Lipinski definition) is 3. The fraction of sp³-hybridized carbons (Fsp3) is 0.0667. The van der Waals surface area contributed by atoms with Gasteiger partial charge in [-0.2, -0.15) is 0 Å². The molecule has 108 valence electrons. The molecule has 0 heterocycles. The standard InChI is InChI=1S/C15H13BrN2O3/c16-11-7-6-10(8-12(11)17)14(19)18-13(15(20)21)9-4-2-1-3-5-9/h1-8,13H,17H2,(H,18,19)(H,20,21)/t13-/m1/s1. The fourth-order valence-corrected chi connectivity index (χ4v) is 2.08. The van der Waals surface area contributed by atoms with Gasteiger partial charge in [-0.05, 0) is 39.7 Å². The number of hydrogen-bond donors (Lipinski definition) is 3. The first-order valence-corrected chi connectivity index (χ1v) is 6.92. The molecule has 2 rings (SSSR count). The summed E-state index contributed by atoms with van der Waals surface area (Å²) in [6, 6.07) is 12.1. The van der Waals surface area contributed by atoms with E-state index in [0.717, 1.165) is 0 Å². The Hall–Kier alpha value is -2.34. The Morgan fingerprint density at radius 2 is 1.81 bits per heavy atom.